The number of amides is 2. The summed E-state index contributed by atoms with van der Waals surface area (Å²) in [5.41, 5.74) is 2.44. The lowest BCUT2D eigenvalue weighted by molar-refractivity contribution is -0.152. The molecule has 2 rings (SSSR count). The van der Waals surface area contributed by atoms with Crippen LogP contribution in [0.1, 0.15) is 27.2 Å². The van der Waals surface area contributed by atoms with Gasteiger partial charge in [-0.2, -0.15) is 0 Å². The topological polar surface area (TPSA) is 93.1 Å². The molecule has 0 bridgehead atoms. The van der Waals surface area contributed by atoms with E-state index in [1.165, 1.54) is 5.48 Å². The van der Waals surface area contributed by atoms with E-state index in [1.807, 2.05) is 45.0 Å². The second-order valence-corrected chi connectivity index (χ2v) is 7.90. The molecule has 1 aromatic carbocycles. The minimum absolute atomic E-state index is 0.0933. The molecule has 0 radical (unpaired) electrons. The van der Waals surface area contributed by atoms with E-state index in [0.717, 1.165) is 5.69 Å². The van der Waals surface area contributed by atoms with E-state index in [4.69, 9.17) is 16.8 Å². The highest BCUT2D eigenvalue weighted by Crippen LogP contribution is 2.25. The molecule has 0 aliphatic carbocycles. The average molecular weight is 398 g/mol. The maximum atomic E-state index is 13.1. The van der Waals surface area contributed by atoms with E-state index >= 15 is 0 Å². The molecule has 150 valence electrons. The fraction of sp³-hybridized carbons (Fsp3) is 0.579. The zero-order chi connectivity index (χ0) is 20.1. The molecule has 27 heavy (non-hydrogen) atoms. The van der Waals surface area contributed by atoms with Gasteiger partial charge in [0.2, 0.25) is 5.91 Å². The van der Waals surface area contributed by atoms with E-state index in [9.17, 15) is 14.7 Å². The van der Waals surface area contributed by atoms with Crippen LogP contribution in [0.15, 0.2) is 24.3 Å². The minimum atomic E-state index is -1.58. The van der Waals surface area contributed by atoms with Gasteiger partial charge in [-0.15, -0.1) is 0 Å². The Morgan fingerprint density at radius 2 is 2.04 bits per heavy atom. The van der Waals surface area contributed by atoms with Crippen LogP contribution in [-0.4, -0.2) is 58.8 Å². The van der Waals surface area contributed by atoms with Gasteiger partial charge in [0, 0.05) is 36.4 Å². The highest BCUT2D eigenvalue weighted by molar-refractivity contribution is 6.30. The highest BCUT2D eigenvalue weighted by Gasteiger charge is 2.38. The summed E-state index contributed by atoms with van der Waals surface area (Å²) in [6, 6.07) is 7.49. The van der Waals surface area contributed by atoms with Crippen molar-refractivity contribution in [3.05, 3.63) is 29.3 Å². The van der Waals surface area contributed by atoms with Gasteiger partial charge in [-0.1, -0.05) is 31.5 Å². The second-order valence-electron chi connectivity index (χ2n) is 7.46. The molecule has 3 N–H and O–H groups in total. The molecule has 0 aromatic heterocycles. The Labute approximate surface area is 164 Å². The number of halogens is 1. The molecule has 1 aliphatic rings. The lowest BCUT2D eigenvalue weighted by atomic mass is 9.89. The van der Waals surface area contributed by atoms with Crippen molar-refractivity contribution in [3.63, 3.8) is 0 Å². The molecule has 8 heteroatoms. The molecular formula is C19H28ClN3O4. The fourth-order valence-corrected chi connectivity index (χ4v) is 3.71. The zero-order valence-corrected chi connectivity index (χ0v) is 16.7. The quantitative estimate of drug-likeness (QED) is 0.503. The Morgan fingerprint density at radius 3 is 2.59 bits per heavy atom. The van der Waals surface area contributed by atoms with Crippen molar-refractivity contribution in [1.29, 1.82) is 0 Å². The first kappa shape index (κ1) is 21.5. The van der Waals surface area contributed by atoms with Gasteiger partial charge in [0.1, 0.15) is 6.10 Å². The molecule has 3 atom stereocenters. The number of carbonyl (C=O) groups excluding carboxylic acids is 2. The molecule has 0 unspecified atom stereocenters. The third-order valence-electron chi connectivity index (χ3n) is 4.89. The summed E-state index contributed by atoms with van der Waals surface area (Å²) in [5, 5.41) is 19.7. The van der Waals surface area contributed by atoms with Gasteiger partial charge in [-0.05, 0) is 37.5 Å². The predicted octanol–water partition coefficient (Wildman–Crippen LogP) is 1.91. The van der Waals surface area contributed by atoms with Crippen LogP contribution in [0.4, 0.5) is 5.69 Å². The number of nitrogens with zero attached hydrogens (tertiary/aromatic N) is 2. The summed E-state index contributed by atoms with van der Waals surface area (Å²) < 4.78 is 0. The van der Waals surface area contributed by atoms with Gasteiger partial charge in [0.15, 0.2) is 0 Å². The summed E-state index contributed by atoms with van der Waals surface area (Å²) in [6.07, 6.45) is -1.22. The maximum Gasteiger partial charge on any atom is 0.272 e. The van der Waals surface area contributed by atoms with Crippen molar-refractivity contribution in [2.75, 3.05) is 24.5 Å². The largest absolute Gasteiger partial charge is 0.382 e. The molecule has 1 saturated heterocycles. The first-order chi connectivity index (χ1) is 12.7. The first-order valence-electron chi connectivity index (χ1n) is 9.17. The molecule has 1 heterocycles. The van der Waals surface area contributed by atoms with Crippen molar-refractivity contribution in [2.45, 2.75) is 39.3 Å². The Morgan fingerprint density at radius 1 is 1.33 bits per heavy atom. The van der Waals surface area contributed by atoms with Crippen molar-refractivity contribution < 1.29 is 19.9 Å². The number of hydroxylamine groups is 1. The second kappa shape index (κ2) is 9.39. The summed E-state index contributed by atoms with van der Waals surface area (Å²) >= 11 is 6.07. The monoisotopic (exact) mass is 397 g/mol. The Balaban J connectivity index is 2.11. The molecule has 1 fully saturated rings. The fourth-order valence-electron chi connectivity index (χ4n) is 3.53. The van der Waals surface area contributed by atoms with Crippen LogP contribution < -0.4 is 10.4 Å². The van der Waals surface area contributed by atoms with Crippen molar-refractivity contribution in [2.24, 2.45) is 11.8 Å². The summed E-state index contributed by atoms with van der Waals surface area (Å²) in [4.78, 5) is 28.6. The van der Waals surface area contributed by atoms with Crippen LogP contribution in [0.5, 0.6) is 0 Å². The Kier molecular flexibility index (Phi) is 7.47. The highest BCUT2D eigenvalue weighted by atomic mass is 35.5. The summed E-state index contributed by atoms with van der Waals surface area (Å²) in [5.74, 6) is -2.00. The minimum Gasteiger partial charge on any atom is -0.382 e. The molecular weight excluding hydrogens is 370 g/mol. The molecule has 2 amide bonds. The number of piperazine rings is 1. The lowest BCUT2D eigenvalue weighted by Gasteiger charge is -2.42. The van der Waals surface area contributed by atoms with Crippen LogP contribution >= 0.6 is 11.6 Å². The number of hydrogen-bond acceptors (Lipinski definition) is 5. The average Bonchev–Trinajstić information content (AvgIpc) is 2.64. The smallest absolute Gasteiger partial charge is 0.272 e. The summed E-state index contributed by atoms with van der Waals surface area (Å²) in [7, 11) is 0. The number of anilines is 1. The van der Waals surface area contributed by atoms with E-state index < -0.39 is 17.9 Å². The van der Waals surface area contributed by atoms with Gasteiger partial charge in [-0.3, -0.25) is 14.8 Å². The third-order valence-corrected chi connectivity index (χ3v) is 5.12. The third kappa shape index (κ3) is 5.34. The van der Waals surface area contributed by atoms with Crippen molar-refractivity contribution in [1.82, 2.24) is 10.4 Å². The number of hydrogen-bond donors (Lipinski definition) is 3. The summed E-state index contributed by atoms with van der Waals surface area (Å²) in [6.45, 7) is 7.53. The van der Waals surface area contributed by atoms with Gasteiger partial charge in [0.05, 0.1) is 5.92 Å². The van der Waals surface area contributed by atoms with Crippen LogP contribution in [0.2, 0.25) is 5.02 Å². The molecule has 0 saturated carbocycles. The van der Waals surface area contributed by atoms with E-state index in [-0.39, 0.29) is 17.9 Å². The number of benzene rings is 1. The van der Waals surface area contributed by atoms with E-state index in [1.54, 1.807) is 4.90 Å². The van der Waals surface area contributed by atoms with Crippen molar-refractivity contribution in [3.8, 4) is 0 Å². The van der Waals surface area contributed by atoms with Crippen LogP contribution in [0, 0.1) is 11.8 Å². The number of rotatable bonds is 6. The number of aliphatic hydroxyl groups is 1. The van der Waals surface area contributed by atoms with Crippen molar-refractivity contribution >= 4 is 29.1 Å². The normalized spacial score (nSPS) is 19.7. The predicted molar refractivity (Wildman–Crippen MR) is 104 cm³/mol. The molecule has 1 aromatic rings. The van der Waals surface area contributed by atoms with Crippen LogP contribution in [0.25, 0.3) is 0 Å². The maximum absolute atomic E-state index is 13.1. The van der Waals surface area contributed by atoms with Crippen LogP contribution in [0.3, 0.4) is 0 Å². The van der Waals surface area contributed by atoms with Gasteiger partial charge >= 0.3 is 0 Å². The van der Waals surface area contributed by atoms with E-state index in [2.05, 4.69) is 4.90 Å². The van der Waals surface area contributed by atoms with E-state index in [0.29, 0.717) is 31.1 Å². The van der Waals surface area contributed by atoms with Gasteiger partial charge < -0.3 is 14.9 Å². The standard InChI is InChI=1S/C19H28ClN3O4/c1-12(2)9-16(17(24)18(25)21-27)19(26)23-8-7-22(11-13(23)3)15-6-4-5-14(20)10-15/h4-6,10,12-13,16-17,24,27H,7-9,11H2,1-3H3,(H,21,25)/t13-,16+,17+/m1/s1. The van der Waals surface area contributed by atoms with Crippen LogP contribution in [-0.2, 0) is 9.59 Å². The molecule has 7 nitrogen and oxygen atoms in total. The van der Waals surface area contributed by atoms with Gasteiger partial charge in [0.25, 0.3) is 5.91 Å². The first-order valence-corrected chi connectivity index (χ1v) is 9.55. The Bertz CT molecular complexity index is 670. The number of nitrogens with one attached hydrogen (secondary N) is 1. The SMILES string of the molecule is CC(C)C[C@H](C(=O)N1CCN(c2cccc(Cl)c2)C[C@H]1C)[C@H](O)C(=O)NO. The lowest BCUT2D eigenvalue weighted by Crippen LogP contribution is -2.57. The molecule has 0 spiro atoms. The Hall–Kier alpha value is -1.83. The molecule has 1 aliphatic heterocycles. The van der Waals surface area contributed by atoms with Gasteiger partial charge in [-0.25, -0.2) is 5.48 Å². The zero-order valence-electron chi connectivity index (χ0n) is 15.9. The number of carbonyl (C=O) groups is 2. The number of aliphatic hydroxyl groups excluding tert-OH is 1.